The average Bonchev–Trinajstić information content (AvgIpc) is 3.01. The molecule has 0 atom stereocenters. The SMILES string of the molecule is CCCC(=O)Oc1ccc(Sc2cccc(N(CCCc3ccccc3)C(=O)Nc3ccc4ccccc4c3)c2)cc1. The van der Waals surface area contributed by atoms with Gasteiger partial charge in [0.15, 0.2) is 0 Å². The molecule has 0 saturated heterocycles. The van der Waals surface area contributed by atoms with E-state index in [1.165, 1.54) is 5.56 Å². The molecule has 0 aromatic heterocycles. The monoisotopic (exact) mass is 574 g/mol. The predicted molar refractivity (Wildman–Crippen MR) is 173 cm³/mol. The second-order valence-corrected chi connectivity index (χ2v) is 11.2. The summed E-state index contributed by atoms with van der Waals surface area (Å²) in [6, 6.07) is 39.8. The molecule has 212 valence electrons. The first-order valence-corrected chi connectivity index (χ1v) is 15.1. The number of nitrogens with one attached hydrogen (secondary N) is 1. The van der Waals surface area contributed by atoms with Gasteiger partial charge in [0.25, 0.3) is 0 Å². The van der Waals surface area contributed by atoms with Crippen LogP contribution in [-0.2, 0) is 11.2 Å². The lowest BCUT2D eigenvalue weighted by Crippen LogP contribution is -2.36. The third kappa shape index (κ3) is 8.02. The van der Waals surface area contributed by atoms with Gasteiger partial charge in [0.05, 0.1) is 0 Å². The van der Waals surface area contributed by atoms with E-state index < -0.39 is 0 Å². The Morgan fingerprint density at radius 2 is 1.52 bits per heavy atom. The Labute approximate surface area is 251 Å². The molecule has 6 heteroatoms. The Morgan fingerprint density at radius 1 is 0.762 bits per heavy atom. The zero-order valence-corrected chi connectivity index (χ0v) is 24.5. The molecule has 2 amide bonds. The van der Waals surface area contributed by atoms with Crippen molar-refractivity contribution in [2.24, 2.45) is 0 Å². The van der Waals surface area contributed by atoms with Crippen molar-refractivity contribution in [1.29, 1.82) is 0 Å². The van der Waals surface area contributed by atoms with Gasteiger partial charge in [-0.25, -0.2) is 4.79 Å². The van der Waals surface area contributed by atoms with Crippen molar-refractivity contribution in [3.8, 4) is 5.75 Å². The first kappa shape index (κ1) is 29.0. The number of urea groups is 1. The molecule has 0 bridgehead atoms. The number of rotatable bonds is 11. The van der Waals surface area contributed by atoms with Gasteiger partial charge in [-0.15, -0.1) is 0 Å². The van der Waals surface area contributed by atoms with Gasteiger partial charge in [-0.3, -0.25) is 9.69 Å². The number of amides is 2. The number of nitrogens with zero attached hydrogens (tertiary/aromatic N) is 1. The quantitative estimate of drug-likeness (QED) is 0.126. The summed E-state index contributed by atoms with van der Waals surface area (Å²) < 4.78 is 5.38. The molecule has 5 nitrogen and oxygen atoms in total. The number of aryl methyl sites for hydroxylation is 1. The van der Waals surface area contributed by atoms with Crippen LogP contribution in [0.4, 0.5) is 16.2 Å². The van der Waals surface area contributed by atoms with Crippen LogP contribution in [0.2, 0.25) is 0 Å². The fourth-order valence-electron chi connectivity index (χ4n) is 4.71. The number of ether oxygens (including phenoxy) is 1. The molecule has 0 aliphatic heterocycles. The molecule has 1 N–H and O–H groups in total. The molecule has 5 aromatic rings. The highest BCUT2D eigenvalue weighted by Gasteiger charge is 2.17. The number of carbonyl (C=O) groups is 2. The maximum Gasteiger partial charge on any atom is 0.326 e. The predicted octanol–water partition coefficient (Wildman–Crippen LogP) is 9.37. The number of hydrogen-bond donors (Lipinski definition) is 1. The van der Waals surface area contributed by atoms with E-state index >= 15 is 0 Å². The largest absolute Gasteiger partial charge is 0.427 e. The Hall–Kier alpha value is -4.55. The molecule has 0 fully saturated rings. The van der Waals surface area contributed by atoms with Crippen LogP contribution in [0.1, 0.15) is 31.7 Å². The highest BCUT2D eigenvalue weighted by atomic mass is 32.2. The number of carbonyl (C=O) groups excluding carboxylic acids is 2. The summed E-state index contributed by atoms with van der Waals surface area (Å²) in [4.78, 5) is 29.3. The standard InChI is InChI=1S/C36H34N2O3S/c1-2-10-35(39)41-32-20-22-33(23-21-32)42-34-17-8-16-31(26-34)38(24-9-13-27-11-4-3-5-12-27)36(40)37-30-19-18-28-14-6-7-15-29(28)25-30/h3-8,11-12,14-23,25-26H,2,9-10,13,24H2,1H3,(H,37,40). The van der Waals surface area contributed by atoms with Crippen molar-refractivity contribution in [2.75, 3.05) is 16.8 Å². The second-order valence-electron chi connectivity index (χ2n) is 10.0. The summed E-state index contributed by atoms with van der Waals surface area (Å²) in [6.07, 6.45) is 2.86. The van der Waals surface area contributed by atoms with Crippen LogP contribution >= 0.6 is 11.8 Å². The van der Waals surface area contributed by atoms with Crippen molar-refractivity contribution < 1.29 is 14.3 Å². The molecule has 0 aliphatic carbocycles. The van der Waals surface area contributed by atoms with Crippen molar-refractivity contribution in [3.05, 3.63) is 127 Å². The Bertz CT molecular complexity index is 1640. The van der Waals surface area contributed by atoms with Crippen LogP contribution in [0.3, 0.4) is 0 Å². The Balaban J connectivity index is 1.32. The molecule has 0 unspecified atom stereocenters. The molecular weight excluding hydrogens is 540 g/mol. The van der Waals surface area contributed by atoms with E-state index in [4.69, 9.17) is 4.74 Å². The summed E-state index contributed by atoms with van der Waals surface area (Å²) in [7, 11) is 0. The number of esters is 1. The fraction of sp³-hybridized carbons (Fsp3) is 0.167. The average molecular weight is 575 g/mol. The maximum atomic E-state index is 13.7. The van der Waals surface area contributed by atoms with Crippen LogP contribution < -0.4 is 15.0 Å². The number of benzene rings is 5. The van der Waals surface area contributed by atoms with Gasteiger partial charge >= 0.3 is 12.0 Å². The third-order valence-corrected chi connectivity index (χ3v) is 7.81. The summed E-state index contributed by atoms with van der Waals surface area (Å²) in [5, 5.41) is 5.33. The van der Waals surface area contributed by atoms with Gasteiger partial charge in [-0.1, -0.05) is 85.4 Å². The smallest absolute Gasteiger partial charge is 0.326 e. The van der Waals surface area contributed by atoms with Crippen molar-refractivity contribution in [3.63, 3.8) is 0 Å². The van der Waals surface area contributed by atoms with E-state index in [9.17, 15) is 9.59 Å². The normalized spacial score (nSPS) is 10.8. The van der Waals surface area contributed by atoms with Crippen LogP contribution in [0.15, 0.2) is 131 Å². The van der Waals surface area contributed by atoms with Crippen LogP contribution in [-0.4, -0.2) is 18.5 Å². The number of fused-ring (bicyclic) bond motifs is 1. The Kier molecular flexibility index (Phi) is 9.91. The minimum absolute atomic E-state index is 0.168. The first-order chi connectivity index (χ1) is 20.6. The Morgan fingerprint density at radius 3 is 2.31 bits per heavy atom. The molecule has 5 rings (SSSR count). The van der Waals surface area contributed by atoms with Gasteiger partial charge < -0.3 is 10.1 Å². The highest BCUT2D eigenvalue weighted by molar-refractivity contribution is 7.99. The van der Waals surface area contributed by atoms with Gasteiger partial charge in [0.2, 0.25) is 0 Å². The van der Waals surface area contributed by atoms with E-state index in [2.05, 4.69) is 23.5 Å². The molecule has 0 radical (unpaired) electrons. The minimum Gasteiger partial charge on any atom is -0.427 e. The molecule has 0 spiro atoms. The van der Waals surface area contributed by atoms with Crippen LogP contribution in [0.25, 0.3) is 10.8 Å². The maximum absolute atomic E-state index is 13.7. The summed E-state index contributed by atoms with van der Waals surface area (Å²) in [6.45, 7) is 2.52. The molecule has 0 saturated carbocycles. The lowest BCUT2D eigenvalue weighted by molar-refractivity contribution is -0.134. The molecule has 0 heterocycles. The van der Waals surface area contributed by atoms with E-state index in [0.29, 0.717) is 18.7 Å². The summed E-state index contributed by atoms with van der Waals surface area (Å²) in [5.41, 5.74) is 2.84. The third-order valence-electron chi connectivity index (χ3n) is 6.81. The van der Waals surface area contributed by atoms with Gasteiger partial charge in [0.1, 0.15) is 5.75 Å². The lowest BCUT2D eigenvalue weighted by atomic mass is 10.1. The van der Waals surface area contributed by atoms with E-state index in [-0.39, 0.29) is 12.0 Å². The minimum atomic E-state index is -0.222. The summed E-state index contributed by atoms with van der Waals surface area (Å²) >= 11 is 1.60. The number of hydrogen-bond acceptors (Lipinski definition) is 4. The molecule has 5 aromatic carbocycles. The van der Waals surface area contributed by atoms with Gasteiger partial charge in [0, 0.05) is 34.1 Å². The van der Waals surface area contributed by atoms with Gasteiger partial charge in [-0.2, -0.15) is 0 Å². The van der Waals surface area contributed by atoms with E-state index in [1.807, 2.05) is 115 Å². The number of anilines is 2. The van der Waals surface area contributed by atoms with Crippen molar-refractivity contribution in [1.82, 2.24) is 0 Å². The summed E-state index contributed by atoms with van der Waals surface area (Å²) in [5.74, 6) is 0.321. The molecule has 42 heavy (non-hydrogen) atoms. The highest BCUT2D eigenvalue weighted by Crippen LogP contribution is 2.32. The van der Waals surface area contributed by atoms with E-state index in [1.54, 1.807) is 11.8 Å². The van der Waals surface area contributed by atoms with Crippen LogP contribution in [0.5, 0.6) is 5.75 Å². The molecular formula is C36H34N2O3S. The van der Waals surface area contributed by atoms with E-state index in [0.717, 1.165) is 51.2 Å². The van der Waals surface area contributed by atoms with Crippen molar-refractivity contribution >= 4 is 45.9 Å². The van der Waals surface area contributed by atoms with Crippen molar-refractivity contribution in [2.45, 2.75) is 42.4 Å². The topological polar surface area (TPSA) is 58.6 Å². The zero-order valence-electron chi connectivity index (χ0n) is 23.7. The fourth-order valence-corrected chi connectivity index (χ4v) is 5.58. The lowest BCUT2D eigenvalue weighted by Gasteiger charge is -2.24. The zero-order chi connectivity index (χ0) is 29.1. The van der Waals surface area contributed by atoms with Gasteiger partial charge in [-0.05, 0) is 90.2 Å². The second kappa shape index (κ2) is 14.4. The van der Waals surface area contributed by atoms with Crippen LogP contribution in [0, 0.1) is 0 Å². The molecule has 0 aliphatic rings. The first-order valence-electron chi connectivity index (χ1n) is 14.3.